The minimum absolute atomic E-state index is 0.170. The first-order chi connectivity index (χ1) is 14.2. The fraction of sp³-hybridized carbons (Fsp3) is 0.429. The summed E-state index contributed by atoms with van der Waals surface area (Å²) in [5.41, 5.74) is -0.0546. The van der Waals surface area contributed by atoms with Crippen molar-refractivity contribution in [2.24, 2.45) is 0 Å². The van der Waals surface area contributed by atoms with E-state index in [0.717, 1.165) is 0 Å². The monoisotopic (exact) mass is 434 g/mol. The Kier molecular flexibility index (Phi) is 6.62. The zero-order valence-electron chi connectivity index (χ0n) is 17.3. The number of sulfonamides is 1. The van der Waals surface area contributed by atoms with E-state index in [2.05, 4.69) is 0 Å². The number of ether oxygens (including phenoxy) is 1. The van der Waals surface area contributed by atoms with Gasteiger partial charge in [-0.1, -0.05) is 13.8 Å². The lowest BCUT2D eigenvalue weighted by Crippen LogP contribution is -2.31. The van der Waals surface area contributed by atoms with Gasteiger partial charge < -0.3 is 14.1 Å². The van der Waals surface area contributed by atoms with Crippen molar-refractivity contribution in [3.05, 3.63) is 58.1 Å². The largest absolute Gasteiger partial charge is 0.488 e. The van der Waals surface area contributed by atoms with Gasteiger partial charge in [-0.2, -0.15) is 4.31 Å². The highest BCUT2D eigenvalue weighted by Crippen LogP contribution is 2.21. The molecule has 1 amide bonds. The van der Waals surface area contributed by atoms with Gasteiger partial charge in [0, 0.05) is 37.7 Å². The van der Waals surface area contributed by atoms with E-state index in [0.29, 0.717) is 49.7 Å². The average molecular weight is 435 g/mol. The van der Waals surface area contributed by atoms with Gasteiger partial charge in [0.1, 0.15) is 17.6 Å². The number of hydrogen-bond donors (Lipinski definition) is 0. The van der Waals surface area contributed by atoms with Crippen molar-refractivity contribution in [2.75, 3.05) is 26.2 Å². The topological polar surface area (TPSA) is 97.1 Å². The Morgan fingerprint density at radius 2 is 1.87 bits per heavy atom. The lowest BCUT2D eigenvalue weighted by atomic mass is 10.2. The minimum Gasteiger partial charge on any atom is -0.488 e. The molecular weight excluding hydrogens is 408 g/mol. The zero-order valence-corrected chi connectivity index (χ0v) is 18.1. The predicted octanol–water partition coefficient (Wildman–Crippen LogP) is 2.27. The molecule has 0 N–H and O–H groups in total. The summed E-state index contributed by atoms with van der Waals surface area (Å²) in [6.45, 7) is 6.92. The van der Waals surface area contributed by atoms with Crippen LogP contribution in [0.5, 0.6) is 5.75 Å². The number of nitrogens with zero attached hydrogens (tertiary/aromatic N) is 2. The Hall–Kier alpha value is -2.65. The Morgan fingerprint density at radius 3 is 2.47 bits per heavy atom. The van der Waals surface area contributed by atoms with Crippen molar-refractivity contribution < 1.29 is 22.4 Å². The maximum Gasteiger partial charge on any atom is 0.339 e. The Labute approximate surface area is 176 Å². The molecule has 30 heavy (non-hydrogen) atoms. The van der Waals surface area contributed by atoms with Crippen LogP contribution in [-0.4, -0.2) is 55.8 Å². The van der Waals surface area contributed by atoms with Gasteiger partial charge in [0.05, 0.1) is 17.5 Å². The number of hydrogen-bond acceptors (Lipinski definition) is 6. The third-order valence-corrected chi connectivity index (χ3v) is 7.11. The SMILES string of the molecule is CCN(CC)S(=O)(=O)c1ccc(C(=O)N2CCC(Oc3cc(C)oc(=O)c3)C2)cc1. The summed E-state index contributed by atoms with van der Waals surface area (Å²) in [6.07, 6.45) is 0.414. The molecule has 162 valence electrons. The van der Waals surface area contributed by atoms with Crippen molar-refractivity contribution in [1.29, 1.82) is 0 Å². The predicted molar refractivity (Wildman–Crippen MR) is 111 cm³/mol. The third-order valence-electron chi connectivity index (χ3n) is 5.05. The Balaban J connectivity index is 1.66. The van der Waals surface area contributed by atoms with Crippen LogP contribution in [0.4, 0.5) is 0 Å². The van der Waals surface area contributed by atoms with Crippen LogP contribution in [-0.2, 0) is 10.0 Å². The molecule has 1 aliphatic heterocycles. The Bertz CT molecular complexity index is 1060. The van der Waals surface area contributed by atoms with Crippen LogP contribution in [0.25, 0.3) is 0 Å². The van der Waals surface area contributed by atoms with Gasteiger partial charge >= 0.3 is 5.63 Å². The second-order valence-corrected chi connectivity index (χ2v) is 9.05. The van der Waals surface area contributed by atoms with E-state index in [1.54, 1.807) is 43.9 Å². The molecule has 1 unspecified atom stereocenters. The van der Waals surface area contributed by atoms with E-state index >= 15 is 0 Å². The summed E-state index contributed by atoms with van der Waals surface area (Å²) in [6, 6.07) is 8.94. The van der Waals surface area contributed by atoms with Gasteiger partial charge in [-0.25, -0.2) is 13.2 Å². The van der Waals surface area contributed by atoms with Crippen LogP contribution in [0.1, 0.15) is 36.4 Å². The summed E-state index contributed by atoms with van der Waals surface area (Å²) in [4.78, 5) is 26.1. The van der Waals surface area contributed by atoms with Gasteiger partial charge in [-0.15, -0.1) is 0 Å². The molecule has 0 aliphatic carbocycles. The summed E-state index contributed by atoms with van der Waals surface area (Å²) in [5, 5.41) is 0. The fourth-order valence-corrected chi connectivity index (χ4v) is 4.97. The molecule has 1 fully saturated rings. The first-order valence-corrected chi connectivity index (χ1v) is 11.4. The highest BCUT2D eigenvalue weighted by atomic mass is 32.2. The molecule has 2 heterocycles. The molecular formula is C21H26N2O6S. The molecule has 1 aliphatic rings. The maximum absolute atomic E-state index is 12.8. The number of carbonyl (C=O) groups excluding carboxylic acids is 1. The van der Waals surface area contributed by atoms with Crippen molar-refractivity contribution in [1.82, 2.24) is 9.21 Å². The third kappa shape index (κ3) is 4.73. The zero-order chi connectivity index (χ0) is 21.9. The molecule has 0 radical (unpaired) electrons. The molecule has 2 aromatic rings. The summed E-state index contributed by atoms with van der Waals surface area (Å²) >= 11 is 0. The smallest absolute Gasteiger partial charge is 0.339 e. The summed E-state index contributed by atoms with van der Waals surface area (Å²) in [5.74, 6) is 0.703. The van der Waals surface area contributed by atoms with E-state index in [4.69, 9.17) is 9.15 Å². The van der Waals surface area contributed by atoms with Crippen molar-refractivity contribution in [3.63, 3.8) is 0 Å². The number of likely N-dealkylation sites (tertiary alicyclic amines) is 1. The van der Waals surface area contributed by atoms with Crippen molar-refractivity contribution in [3.8, 4) is 5.75 Å². The highest BCUT2D eigenvalue weighted by Gasteiger charge is 2.29. The van der Waals surface area contributed by atoms with Crippen LogP contribution in [0.3, 0.4) is 0 Å². The normalized spacial score (nSPS) is 16.8. The van der Waals surface area contributed by atoms with Gasteiger partial charge in [-0.3, -0.25) is 4.79 Å². The second kappa shape index (κ2) is 9.01. The Morgan fingerprint density at radius 1 is 1.20 bits per heavy atom. The van der Waals surface area contributed by atoms with E-state index in [9.17, 15) is 18.0 Å². The van der Waals surface area contributed by atoms with Crippen molar-refractivity contribution in [2.45, 2.75) is 38.2 Å². The van der Waals surface area contributed by atoms with Crippen LogP contribution < -0.4 is 10.4 Å². The molecule has 0 bridgehead atoms. The molecule has 1 aromatic carbocycles. The lowest BCUT2D eigenvalue weighted by molar-refractivity contribution is 0.0772. The van der Waals surface area contributed by atoms with Gasteiger partial charge in [0.2, 0.25) is 10.0 Å². The standard InChI is InChI=1S/C21H26N2O6S/c1-4-23(5-2)30(26,27)19-8-6-16(7-9-19)21(25)22-11-10-17(14-22)29-18-12-15(3)28-20(24)13-18/h6-9,12-13,17H,4-5,10-11,14H2,1-3H3. The summed E-state index contributed by atoms with van der Waals surface area (Å²) < 4.78 is 37.3. The summed E-state index contributed by atoms with van der Waals surface area (Å²) in [7, 11) is -3.56. The molecule has 1 aromatic heterocycles. The second-order valence-electron chi connectivity index (χ2n) is 7.12. The molecule has 0 spiro atoms. The van der Waals surface area contributed by atoms with Gasteiger partial charge in [-0.05, 0) is 31.2 Å². The highest BCUT2D eigenvalue weighted by molar-refractivity contribution is 7.89. The molecule has 1 atom stereocenters. The quantitative estimate of drug-likeness (QED) is 0.663. The van der Waals surface area contributed by atoms with Crippen LogP contribution >= 0.6 is 0 Å². The van der Waals surface area contributed by atoms with Crippen molar-refractivity contribution >= 4 is 15.9 Å². The van der Waals surface area contributed by atoms with Crippen LogP contribution in [0, 0.1) is 6.92 Å². The van der Waals surface area contributed by atoms with E-state index < -0.39 is 15.6 Å². The number of amides is 1. The van der Waals surface area contributed by atoms with E-state index in [1.807, 2.05) is 0 Å². The van der Waals surface area contributed by atoms with Gasteiger partial charge in [0.25, 0.3) is 5.91 Å². The molecule has 3 rings (SSSR count). The maximum atomic E-state index is 12.8. The molecule has 8 nitrogen and oxygen atoms in total. The average Bonchev–Trinajstić information content (AvgIpc) is 3.16. The lowest BCUT2D eigenvalue weighted by Gasteiger charge is -2.19. The molecule has 1 saturated heterocycles. The van der Waals surface area contributed by atoms with Gasteiger partial charge in [0.15, 0.2) is 0 Å². The number of carbonyl (C=O) groups is 1. The van der Waals surface area contributed by atoms with Crippen LogP contribution in [0.15, 0.2) is 50.5 Å². The number of rotatable bonds is 7. The number of benzene rings is 1. The van der Waals surface area contributed by atoms with E-state index in [1.165, 1.54) is 22.5 Å². The fourth-order valence-electron chi connectivity index (χ4n) is 3.51. The molecule has 9 heteroatoms. The molecule has 0 saturated carbocycles. The first kappa shape index (κ1) is 22.0. The number of aryl methyl sites for hydroxylation is 1. The van der Waals surface area contributed by atoms with Crippen LogP contribution in [0.2, 0.25) is 0 Å². The first-order valence-electron chi connectivity index (χ1n) is 9.92. The van der Waals surface area contributed by atoms with E-state index in [-0.39, 0.29) is 16.9 Å². The minimum atomic E-state index is -3.56.